The normalized spacial score (nSPS) is 17.0. The zero-order chi connectivity index (χ0) is 18.8. The van der Waals surface area contributed by atoms with E-state index in [4.69, 9.17) is 11.6 Å². The SMILES string of the molecule is CC1=NN(c2ccccc2)C(=O)[C@H]1N=Nc1cc(Cl)cc([N+](=O)[O-])c1O. The molecular weight excluding hydrogens is 362 g/mol. The van der Waals surface area contributed by atoms with Gasteiger partial charge in [0, 0.05) is 11.1 Å². The minimum absolute atomic E-state index is 0.0116. The first kappa shape index (κ1) is 17.5. The number of phenols is 1. The molecule has 10 heteroatoms. The number of azo groups is 1. The number of carbonyl (C=O) groups excluding carboxylic acids is 1. The van der Waals surface area contributed by atoms with Crippen LogP contribution in [-0.4, -0.2) is 27.7 Å². The average molecular weight is 374 g/mol. The van der Waals surface area contributed by atoms with Gasteiger partial charge in [0.2, 0.25) is 5.75 Å². The summed E-state index contributed by atoms with van der Waals surface area (Å²) in [5.41, 5.74) is 0.179. The van der Waals surface area contributed by atoms with E-state index >= 15 is 0 Å². The lowest BCUT2D eigenvalue weighted by atomic mass is 10.2. The second-order valence-corrected chi connectivity index (χ2v) is 5.83. The number of phenolic OH excluding ortho intramolecular Hbond substituents is 1. The number of amides is 1. The first-order chi connectivity index (χ1) is 12.4. The van der Waals surface area contributed by atoms with Crippen LogP contribution in [0, 0.1) is 10.1 Å². The van der Waals surface area contributed by atoms with Gasteiger partial charge in [0.25, 0.3) is 5.91 Å². The molecule has 0 unspecified atom stereocenters. The Morgan fingerprint density at radius 3 is 2.65 bits per heavy atom. The number of nitro benzene ring substituents is 1. The maximum atomic E-state index is 12.5. The summed E-state index contributed by atoms with van der Waals surface area (Å²) >= 11 is 5.81. The molecule has 2 aromatic carbocycles. The van der Waals surface area contributed by atoms with E-state index in [-0.39, 0.29) is 10.7 Å². The minimum Gasteiger partial charge on any atom is -0.501 e. The highest BCUT2D eigenvalue weighted by atomic mass is 35.5. The topological polar surface area (TPSA) is 121 Å². The molecule has 0 fully saturated rings. The van der Waals surface area contributed by atoms with Crippen molar-refractivity contribution in [2.24, 2.45) is 15.3 Å². The molecule has 0 saturated carbocycles. The molecule has 2 aromatic rings. The van der Waals surface area contributed by atoms with Gasteiger partial charge in [0.1, 0.15) is 5.69 Å². The number of aromatic hydroxyl groups is 1. The molecule has 132 valence electrons. The van der Waals surface area contributed by atoms with Gasteiger partial charge in [-0.05, 0) is 25.1 Å². The van der Waals surface area contributed by atoms with Crippen LogP contribution in [0.15, 0.2) is 57.8 Å². The predicted octanol–water partition coefficient (Wildman–Crippen LogP) is 3.83. The molecule has 0 spiro atoms. The van der Waals surface area contributed by atoms with Crippen LogP contribution in [0.4, 0.5) is 17.1 Å². The Balaban J connectivity index is 1.89. The fraction of sp³-hybridized carbons (Fsp3) is 0.125. The first-order valence-electron chi connectivity index (χ1n) is 7.40. The van der Waals surface area contributed by atoms with Gasteiger partial charge in [0.15, 0.2) is 6.04 Å². The van der Waals surface area contributed by atoms with Crippen molar-refractivity contribution in [1.82, 2.24) is 0 Å². The number of hydrogen-bond donors (Lipinski definition) is 1. The maximum Gasteiger partial charge on any atom is 0.314 e. The Bertz CT molecular complexity index is 945. The number of anilines is 1. The van der Waals surface area contributed by atoms with Crippen molar-refractivity contribution in [3.05, 3.63) is 57.6 Å². The molecular formula is C16H12ClN5O4. The molecule has 1 atom stereocenters. The smallest absolute Gasteiger partial charge is 0.314 e. The van der Waals surface area contributed by atoms with Crippen LogP contribution >= 0.6 is 11.6 Å². The lowest BCUT2D eigenvalue weighted by molar-refractivity contribution is -0.385. The van der Waals surface area contributed by atoms with Crippen molar-refractivity contribution in [2.75, 3.05) is 5.01 Å². The van der Waals surface area contributed by atoms with Gasteiger partial charge < -0.3 is 5.11 Å². The molecule has 1 heterocycles. The molecule has 1 N–H and O–H groups in total. The lowest BCUT2D eigenvalue weighted by Gasteiger charge is -2.11. The molecule has 0 bridgehead atoms. The first-order valence-corrected chi connectivity index (χ1v) is 7.78. The second-order valence-electron chi connectivity index (χ2n) is 5.39. The van der Waals surface area contributed by atoms with Crippen LogP contribution in [0.25, 0.3) is 0 Å². The number of nitrogens with zero attached hydrogens (tertiary/aromatic N) is 5. The van der Waals surface area contributed by atoms with E-state index in [1.807, 2.05) is 6.07 Å². The van der Waals surface area contributed by atoms with Crippen molar-refractivity contribution < 1.29 is 14.8 Å². The predicted molar refractivity (Wildman–Crippen MR) is 95.1 cm³/mol. The van der Waals surface area contributed by atoms with E-state index in [9.17, 15) is 20.0 Å². The largest absolute Gasteiger partial charge is 0.501 e. The third-order valence-electron chi connectivity index (χ3n) is 3.61. The molecule has 1 aliphatic heterocycles. The molecule has 0 aliphatic carbocycles. The van der Waals surface area contributed by atoms with Gasteiger partial charge in [-0.15, -0.1) is 0 Å². The van der Waals surface area contributed by atoms with Gasteiger partial charge >= 0.3 is 5.69 Å². The fourth-order valence-corrected chi connectivity index (χ4v) is 2.56. The molecule has 0 saturated heterocycles. The molecule has 26 heavy (non-hydrogen) atoms. The van der Waals surface area contributed by atoms with Crippen LogP contribution in [0.5, 0.6) is 5.75 Å². The fourth-order valence-electron chi connectivity index (χ4n) is 2.35. The standard InChI is InChI=1S/C16H12ClN5O4/c1-9-14(16(24)21(20-9)11-5-3-2-4-6-11)19-18-12-7-10(17)8-13(15(12)23)22(25)26/h2-8,14,23H,1H3/t14-/m0/s1. The van der Waals surface area contributed by atoms with Crippen LogP contribution in [0.2, 0.25) is 5.02 Å². The summed E-state index contributed by atoms with van der Waals surface area (Å²) in [6, 6.07) is 10.0. The minimum atomic E-state index is -0.993. The van der Waals surface area contributed by atoms with E-state index < -0.39 is 28.3 Å². The summed E-state index contributed by atoms with van der Waals surface area (Å²) < 4.78 is 0. The van der Waals surface area contributed by atoms with Crippen LogP contribution in [0.1, 0.15) is 6.92 Å². The summed E-state index contributed by atoms with van der Waals surface area (Å²) in [7, 11) is 0. The maximum absolute atomic E-state index is 12.5. The number of halogens is 1. The molecule has 0 aromatic heterocycles. The van der Waals surface area contributed by atoms with Gasteiger partial charge in [-0.1, -0.05) is 29.8 Å². The van der Waals surface area contributed by atoms with E-state index in [1.165, 1.54) is 11.1 Å². The molecule has 3 rings (SSSR count). The zero-order valence-corrected chi connectivity index (χ0v) is 14.2. The van der Waals surface area contributed by atoms with Crippen molar-refractivity contribution in [3.63, 3.8) is 0 Å². The Kier molecular flexibility index (Phi) is 4.63. The third kappa shape index (κ3) is 3.24. The Hall–Kier alpha value is -3.33. The third-order valence-corrected chi connectivity index (χ3v) is 3.83. The average Bonchev–Trinajstić information content (AvgIpc) is 2.90. The van der Waals surface area contributed by atoms with Crippen LogP contribution < -0.4 is 5.01 Å². The molecule has 1 amide bonds. The Morgan fingerprint density at radius 1 is 1.31 bits per heavy atom. The van der Waals surface area contributed by atoms with Crippen molar-refractivity contribution in [1.29, 1.82) is 0 Å². The monoisotopic (exact) mass is 373 g/mol. The summed E-state index contributed by atoms with van der Waals surface area (Å²) in [5.74, 6) is -1.10. The highest BCUT2D eigenvalue weighted by Gasteiger charge is 2.34. The van der Waals surface area contributed by atoms with Gasteiger partial charge in [-0.25, -0.2) is 0 Å². The number of para-hydroxylation sites is 1. The van der Waals surface area contributed by atoms with Crippen LogP contribution in [0.3, 0.4) is 0 Å². The number of nitro groups is 1. The van der Waals surface area contributed by atoms with Crippen molar-refractivity contribution in [2.45, 2.75) is 13.0 Å². The lowest BCUT2D eigenvalue weighted by Crippen LogP contribution is -2.29. The van der Waals surface area contributed by atoms with Crippen LogP contribution in [-0.2, 0) is 4.79 Å². The number of hydrazone groups is 1. The summed E-state index contributed by atoms with van der Waals surface area (Å²) in [6.45, 7) is 1.62. The quantitative estimate of drug-likeness (QED) is 0.497. The van der Waals surface area contributed by atoms with E-state index in [2.05, 4.69) is 15.3 Å². The highest BCUT2D eigenvalue weighted by Crippen LogP contribution is 2.39. The number of carbonyl (C=O) groups is 1. The number of hydrogen-bond acceptors (Lipinski definition) is 7. The Labute approximate surface area is 152 Å². The Morgan fingerprint density at radius 2 is 2.00 bits per heavy atom. The molecule has 1 aliphatic rings. The van der Waals surface area contributed by atoms with E-state index in [0.717, 1.165) is 6.07 Å². The summed E-state index contributed by atoms with van der Waals surface area (Å²) in [4.78, 5) is 22.7. The molecule has 9 nitrogen and oxygen atoms in total. The molecule has 0 radical (unpaired) electrons. The van der Waals surface area contributed by atoms with Gasteiger partial charge in [0.05, 0.1) is 16.3 Å². The number of rotatable bonds is 4. The van der Waals surface area contributed by atoms with E-state index in [1.54, 1.807) is 31.2 Å². The zero-order valence-electron chi connectivity index (χ0n) is 13.4. The van der Waals surface area contributed by atoms with Crippen molar-refractivity contribution >= 4 is 40.3 Å². The second kappa shape index (κ2) is 6.89. The highest BCUT2D eigenvalue weighted by molar-refractivity contribution is 6.31. The van der Waals surface area contributed by atoms with Crippen molar-refractivity contribution in [3.8, 4) is 5.75 Å². The summed E-state index contributed by atoms with van der Waals surface area (Å²) in [6.07, 6.45) is 0. The van der Waals surface area contributed by atoms with Gasteiger partial charge in [-0.2, -0.15) is 20.3 Å². The number of benzene rings is 2. The summed E-state index contributed by atoms with van der Waals surface area (Å²) in [5, 5.41) is 33.9. The van der Waals surface area contributed by atoms with E-state index in [0.29, 0.717) is 11.4 Å². The van der Waals surface area contributed by atoms with Gasteiger partial charge in [-0.3, -0.25) is 14.9 Å².